The monoisotopic (exact) mass is 419 g/mol. The maximum Gasteiger partial charge on any atom is 0 e. The van der Waals surface area contributed by atoms with E-state index < -0.39 is 17.8 Å². The average molecular weight is 418 g/mol. The molecule has 0 N–H and O–H groups in total. The zero-order valence-electron chi connectivity index (χ0n) is 2.32. The van der Waals surface area contributed by atoms with Gasteiger partial charge in [0.2, 0.25) is 0 Å². The molecule has 0 fully saturated rings. The first kappa shape index (κ1) is 15.7. The zero-order valence-corrected chi connectivity index (χ0v) is 8.81. The summed E-state index contributed by atoms with van der Waals surface area (Å²) in [6.07, 6.45) is 0. The zero-order chi connectivity index (χ0) is 2.71. The Morgan fingerprint density at radius 2 is 1.60 bits per heavy atom. The van der Waals surface area contributed by atoms with Crippen LogP contribution in [0.3, 0.4) is 0 Å². The predicted molar refractivity (Wildman–Crippen MR) is 19.2 cm³/mol. The maximum absolute atomic E-state index is 9.16. The Kier molecular flexibility index (Phi) is 49.4. The molecule has 1 nitrogen and oxygen atoms in total. The Bertz CT molecular complexity index is 19.1. The minimum atomic E-state index is -0.861. The van der Waals surface area contributed by atoms with Gasteiger partial charge in [-0.2, -0.15) is 0 Å². The fourth-order valence-electron chi connectivity index (χ4n) is 0. The summed E-state index contributed by atoms with van der Waals surface area (Å²) in [5.41, 5.74) is 0. The second kappa shape index (κ2) is 15.8. The largest absolute Gasteiger partial charge is 0 e. The van der Waals surface area contributed by atoms with Crippen LogP contribution in [0.25, 0.3) is 0 Å². The summed E-state index contributed by atoms with van der Waals surface area (Å²) in [4.78, 5) is 0. The molecule has 0 heterocycles. The van der Waals surface area contributed by atoms with Crippen molar-refractivity contribution in [1.29, 1.82) is 0 Å². The molecular weight excluding hydrogens is 413 g/mol. The summed E-state index contributed by atoms with van der Waals surface area (Å²) in [5, 5.41) is 0. The molecule has 0 aliphatic rings. The quantitative estimate of drug-likeness (QED) is 0.408. The Morgan fingerprint density at radius 1 is 1.60 bits per heavy atom. The summed E-state index contributed by atoms with van der Waals surface area (Å²) in [7, 11) is 0.980. The first-order valence-electron chi connectivity index (χ1n) is 0.575. The number of rotatable bonds is 0. The van der Waals surface area contributed by atoms with E-state index in [4.69, 9.17) is 3.40 Å². The molecule has 0 aromatic heterocycles. The normalized spacial score (nSPS) is 3.20. The van der Waals surface area contributed by atoms with E-state index in [1.54, 1.807) is 0 Å². The Balaban J connectivity index is -0.0000000200. The van der Waals surface area contributed by atoms with Gasteiger partial charge in [-0.05, 0) is 0 Å². The van der Waals surface area contributed by atoms with E-state index in [1.165, 1.54) is 0 Å². The van der Waals surface area contributed by atoms with Crippen molar-refractivity contribution in [2.45, 2.75) is 0 Å². The molecule has 0 atom stereocenters. The van der Waals surface area contributed by atoms with Gasteiger partial charge in [-0.3, -0.25) is 0 Å². The Hall–Kier alpha value is 2.99. The smallest absolute Gasteiger partial charge is 0 e. The van der Waals surface area contributed by atoms with Crippen LogP contribution in [0.4, 0.5) is 0 Å². The molecule has 0 radical (unpaired) electrons. The Morgan fingerprint density at radius 3 is 1.60 bits per heavy atom. The number of hydrogen-bond donors (Lipinski definition) is 0. The van der Waals surface area contributed by atoms with Crippen LogP contribution in [0, 0.1) is 0 Å². The van der Waals surface area contributed by atoms with Crippen molar-refractivity contribution in [2.75, 3.05) is 0 Å². The van der Waals surface area contributed by atoms with Crippen LogP contribution in [0.1, 0.15) is 0 Å². The standard InChI is InChI=1S/Ba.O.H3Si.Ti.W.2H/h;;1H3;;;;. The van der Waals surface area contributed by atoms with E-state index in [2.05, 4.69) is 0 Å². The van der Waals surface area contributed by atoms with Crippen LogP contribution >= 0.6 is 0 Å². The van der Waals surface area contributed by atoms with Gasteiger partial charge < -0.3 is 0 Å². The van der Waals surface area contributed by atoms with E-state index in [1.807, 2.05) is 0 Å². The van der Waals surface area contributed by atoms with Crippen molar-refractivity contribution in [2.24, 2.45) is 0 Å². The fourth-order valence-corrected chi connectivity index (χ4v) is 0. The van der Waals surface area contributed by atoms with Gasteiger partial charge in [-0.15, -0.1) is 0 Å². The van der Waals surface area contributed by atoms with Crippen molar-refractivity contribution in [3.8, 4) is 0 Å². The first-order chi connectivity index (χ1) is 1.41. The topological polar surface area (TPSA) is 17.1 Å². The van der Waals surface area contributed by atoms with Gasteiger partial charge in [0.05, 0.1) is 0 Å². The minimum absolute atomic E-state index is 0. The average Bonchev–Trinajstić information content (AvgIpc) is 0.918. The SMILES string of the molecule is [BaH2].[O]=[W][SiH3].[Ti]. The molecule has 0 bridgehead atoms. The molecule has 0 unspecified atom stereocenters. The van der Waals surface area contributed by atoms with Crippen molar-refractivity contribution in [3.05, 3.63) is 0 Å². The Labute approximate surface area is 97.5 Å². The van der Waals surface area contributed by atoms with Crippen LogP contribution in [-0.2, 0) is 42.9 Å². The van der Waals surface area contributed by atoms with Crippen LogP contribution < -0.4 is 0 Å². The van der Waals surface area contributed by atoms with Gasteiger partial charge in [-0.1, -0.05) is 0 Å². The molecule has 5 heteroatoms. The predicted octanol–water partition coefficient (Wildman–Crippen LogP) is -2.22. The summed E-state index contributed by atoms with van der Waals surface area (Å²) >= 11 is -0.861. The molecule has 0 aromatic rings. The van der Waals surface area contributed by atoms with E-state index in [9.17, 15) is 0 Å². The van der Waals surface area contributed by atoms with E-state index >= 15 is 0 Å². The van der Waals surface area contributed by atoms with Crippen molar-refractivity contribution in [3.63, 3.8) is 0 Å². The summed E-state index contributed by atoms with van der Waals surface area (Å²) < 4.78 is 9.16. The van der Waals surface area contributed by atoms with Gasteiger partial charge >= 0.3 is 78.3 Å². The van der Waals surface area contributed by atoms with Gasteiger partial charge in [-0.25, -0.2) is 0 Å². The third kappa shape index (κ3) is 19.5. The minimum Gasteiger partial charge on any atom is 0 e. The van der Waals surface area contributed by atoms with E-state index in [0.717, 1.165) is 8.21 Å². The summed E-state index contributed by atoms with van der Waals surface area (Å²) in [6.45, 7) is 0. The van der Waals surface area contributed by atoms with Gasteiger partial charge in [0.15, 0.2) is 0 Å². The molecule has 0 aliphatic heterocycles. The molecule has 27 valence electrons. The molecule has 5 heavy (non-hydrogen) atoms. The molecule has 0 aromatic carbocycles. The maximum atomic E-state index is 9.16. The van der Waals surface area contributed by atoms with E-state index in [0.29, 0.717) is 0 Å². The molecule has 0 saturated carbocycles. The van der Waals surface area contributed by atoms with Crippen LogP contribution in [0.15, 0.2) is 0 Å². The van der Waals surface area contributed by atoms with Gasteiger partial charge in [0.1, 0.15) is 0 Å². The van der Waals surface area contributed by atoms with Crippen LogP contribution in [-0.4, -0.2) is 57.1 Å². The molecule has 0 spiro atoms. The van der Waals surface area contributed by atoms with Crippen molar-refractivity contribution in [1.82, 2.24) is 0 Å². The van der Waals surface area contributed by atoms with Crippen molar-refractivity contribution >= 4 is 57.1 Å². The summed E-state index contributed by atoms with van der Waals surface area (Å²) in [6, 6.07) is 0. The molecule has 0 saturated heterocycles. The molecule has 0 amide bonds. The van der Waals surface area contributed by atoms with E-state index in [-0.39, 0.29) is 70.6 Å². The van der Waals surface area contributed by atoms with Crippen molar-refractivity contribution < 1.29 is 42.9 Å². The molecule has 0 rings (SSSR count). The first-order valence-corrected chi connectivity index (χ1v) is 11.4. The molecule has 0 aliphatic carbocycles. The fraction of sp³-hybridized carbons (Fsp3) is 0. The third-order valence-electron chi connectivity index (χ3n) is 0. The molecular formula is H5BaOSiTiW. The number of hydrogen-bond acceptors (Lipinski definition) is 1. The summed E-state index contributed by atoms with van der Waals surface area (Å²) in [5.74, 6) is 0. The second-order valence-corrected chi connectivity index (χ2v) is 4.09. The third-order valence-corrected chi connectivity index (χ3v) is 0. The van der Waals surface area contributed by atoms with Crippen LogP contribution in [0.2, 0.25) is 0 Å². The van der Waals surface area contributed by atoms with Gasteiger partial charge in [0, 0.05) is 21.7 Å². The van der Waals surface area contributed by atoms with Gasteiger partial charge in [0.25, 0.3) is 0 Å². The van der Waals surface area contributed by atoms with Crippen LogP contribution in [0.5, 0.6) is 0 Å². The second-order valence-electron chi connectivity index (χ2n) is 0.167.